The van der Waals surface area contributed by atoms with Crippen molar-refractivity contribution in [3.05, 3.63) is 53.2 Å². The van der Waals surface area contributed by atoms with E-state index in [9.17, 15) is 9.59 Å². The molecular formula is C15H13ClN2O3S. The molecule has 1 aromatic heterocycles. The number of halogens is 1. The van der Waals surface area contributed by atoms with Crippen LogP contribution < -0.4 is 5.32 Å². The van der Waals surface area contributed by atoms with Crippen LogP contribution in [0.3, 0.4) is 0 Å². The molecular weight excluding hydrogens is 324 g/mol. The summed E-state index contributed by atoms with van der Waals surface area (Å²) >= 11 is 7.16. The average molecular weight is 337 g/mol. The Kier molecular flexibility index (Phi) is 5.80. The molecule has 1 aromatic carbocycles. The van der Waals surface area contributed by atoms with Crippen LogP contribution in [0.2, 0.25) is 5.02 Å². The molecule has 114 valence electrons. The number of ether oxygens (including phenoxy) is 1. The molecule has 2 aromatic rings. The van der Waals surface area contributed by atoms with E-state index in [1.54, 1.807) is 30.5 Å². The fourth-order valence-corrected chi connectivity index (χ4v) is 2.52. The number of hydrogen-bond donors (Lipinski definition) is 1. The summed E-state index contributed by atoms with van der Waals surface area (Å²) in [5, 5.41) is 3.52. The second-order valence-corrected chi connectivity index (χ2v) is 5.66. The molecule has 7 heteroatoms. The maximum atomic E-state index is 12.1. The largest absolute Gasteiger partial charge is 0.452 e. The molecule has 1 N–H and O–H groups in total. The first-order chi connectivity index (χ1) is 10.6. The quantitative estimate of drug-likeness (QED) is 0.850. The minimum absolute atomic E-state index is 0.311. The van der Waals surface area contributed by atoms with Gasteiger partial charge in [-0.1, -0.05) is 23.4 Å². The van der Waals surface area contributed by atoms with Crippen LogP contribution >= 0.6 is 23.4 Å². The highest BCUT2D eigenvalue weighted by Gasteiger charge is 2.16. The molecule has 1 heterocycles. The first-order valence-electron chi connectivity index (χ1n) is 6.36. The zero-order chi connectivity index (χ0) is 15.9. The van der Waals surface area contributed by atoms with Gasteiger partial charge in [0.05, 0.1) is 5.56 Å². The normalized spacial score (nSPS) is 10.1. The van der Waals surface area contributed by atoms with E-state index in [1.165, 1.54) is 18.8 Å². The number of hydrogen-bond acceptors (Lipinski definition) is 5. The van der Waals surface area contributed by atoms with Gasteiger partial charge in [0.15, 0.2) is 6.61 Å². The van der Waals surface area contributed by atoms with E-state index < -0.39 is 5.97 Å². The number of nitrogens with one attached hydrogen (secondary N) is 1. The van der Waals surface area contributed by atoms with Gasteiger partial charge in [-0.3, -0.25) is 4.79 Å². The zero-order valence-corrected chi connectivity index (χ0v) is 13.3. The summed E-state index contributed by atoms with van der Waals surface area (Å²) in [6.45, 7) is -0.324. The molecule has 0 saturated heterocycles. The Morgan fingerprint density at radius 3 is 2.68 bits per heavy atom. The molecule has 0 aliphatic rings. The van der Waals surface area contributed by atoms with Crippen molar-refractivity contribution in [3.63, 3.8) is 0 Å². The number of carbonyl (C=O) groups excluding carboxylic acids is 2. The van der Waals surface area contributed by atoms with Crippen molar-refractivity contribution < 1.29 is 14.3 Å². The summed E-state index contributed by atoms with van der Waals surface area (Å²) in [4.78, 5) is 28.3. The lowest BCUT2D eigenvalue weighted by atomic mass is 10.3. The summed E-state index contributed by atoms with van der Waals surface area (Å²) in [5.41, 5.74) is 0.311. The summed E-state index contributed by atoms with van der Waals surface area (Å²) in [6, 6.07) is 10.4. The van der Waals surface area contributed by atoms with Crippen LogP contribution in [-0.2, 0) is 9.53 Å². The van der Waals surface area contributed by atoms with E-state index in [1.807, 2.05) is 12.1 Å². The minimum atomic E-state index is -0.590. The van der Waals surface area contributed by atoms with Crippen molar-refractivity contribution in [2.75, 3.05) is 13.7 Å². The first kappa shape index (κ1) is 16.3. The second kappa shape index (κ2) is 7.82. The maximum Gasteiger partial charge on any atom is 0.341 e. The van der Waals surface area contributed by atoms with Crippen LogP contribution in [0.5, 0.6) is 0 Å². The van der Waals surface area contributed by atoms with Gasteiger partial charge in [0, 0.05) is 23.2 Å². The molecule has 0 unspecified atom stereocenters. The number of pyridine rings is 1. The Bertz CT molecular complexity index is 677. The van der Waals surface area contributed by atoms with Crippen molar-refractivity contribution >= 4 is 35.2 Å². The van der Waals surface area contributed by atoms with Gasteiger partial charge in [-0.2, -0.15) is 0 Å². The molecule has 5 nitrogen and oxygen atoms in total. The van der Waals surface area contributed by atoms with Crippen LogP contribution in [0.1, 0.15) is 10.4 Å². The van der Waals surface area contributed by atoms with Crippen molar-refractivity contribution in [2.45, 2.75) is 9.92 Å². The van der Waals surface area contributed by atoms with E-state index >= 15 is 0 Å². The molecule has 22 heavy (non-hydrogen) atoms. The SMILES string of the molecule is CNC(=O)COC(=O)c1cccnc1Sc1ccc(Cl)cc1. The highest BCUT2D eigenvalue weighted by molar-refractivity contribution is 7.99. The predicted octanol–water partition coefficient (Wildman–Crippen LogP) is 2.79. The number of likely N-dealkylation sites (N-methyl/N-ethyl adjacent to an activating group) is 1. The Morgan fingerprint density at radius 1 is 1.27 bits per heavy atom. The highest BCUT2D eigenvalue weighted by atomic mass is 35.5. The van der Waals surface area contributed by atoms with Crippen molar-refractivity contribution in [2.24, 2.45) is 0 Å². The second-order valence-electron chi connectivity index (χ2n) is 4.16. The van der Waals surface area contributed by atoms with E-state index in [4.69, 9.17) is 16.3 Å². The van der Waals surface area contributed by atoms with E-state index in [2.05, 4.69) is 10.3 Å². The topological polar surface area (TPSA) is 68.3 Å². The Morgan fingerprint density at radius 2 is 2.00 bits per heavy atom. The molecule has 0 atom stereocenters. The molecule has 0 aliphatic carbocycles. The monoisotopic (exact) mass is 336 g/mol. The van der Waals surface area contributed by atoms with Gasteiger partial charge in [0.1, 0.15) is 5.03 Å². The highest BCUT2D eigenvalue weighted by Crippen LogP contribution is 2.29. The van der Waals surface area contributed by atoms with Crippen molar-refractivity contribution in [1.82, 2.24) is 10.3 Å². The minimum Gasteiger partial charge on any atom is -0.452 e. The Labute approximate surface area is 137 Å². The van der Waals surface area contributed by atoms with Crippen LogP contribution in [0.4, 0.5) is 0 Å². The lowest BCUT2D eigenvalue weighted by molar-refractivity contribution is -0.123. The van der Waals surface area contributed by atoms with E-state index in [-0.39, 0.29) is 12.5 Å². The number of aromatic nitrogens is 1. The smallest absolute Gasteiger partial charge is 0.341 e. The number of nitrogens with zero attached hydrogens (tertiary/aromatic N) is 1. The van der Waals surface area contributed by atoms with E-state index in [0.717, 1.165) is 4.90 Å². The zero-order valence-electron chi connectivity index (χ0n) is 11.7. The van der Waals surface area contributed by atoms with E-state index in [0.29, 0.717) is 15.6 Å². The lowest BCUT2D eigenvalue weighted by Gasteiger charge is -2.08. The molecule has 0 spiro atoms. The molecule has 0 radical (unpaired) electrons. The number of benzene rings is 1. The molecule has 0 saturated carbocycles. The molecule has 0 fully saturated rings. The van der Waals surface area contributed by atoms with Gasteiger partial charge in [0.2, 0.25) is 0 Å². The molecule has 2 rings (SSSR count). The molecule has 0 bridgehead atoms. The van der Waals surface area contributed by atoms with Gasteiger partial charge in [0.25, 0.3) is 5.91 Å². The third kappa shape index (κ3) is 4.47. The standard InChI is InChI=1S/C15H13ClN2O3S/c1-17-13(19)9-21-15(20)12-3-2-8-18-14(12)22-11-6-4-10(16)5-7-11/h2-8H,9H2,1H3,(H,17,19). The number of rotatable bonds is 5. The average Bonchev–Trinajstić information content (AvgIpc) is 2.55. The fraction of sp³-hybridized carbons (Fsp3) is 0.133. The third-order valence-corrected chi connectivity index (χ3v) is 3.91. The van der Waals surface area contributed by atoms with Crippen LogP contribution in [0.25, 0.3) is 0 Å². The van der Waals surface area contributed by atoms with Gasteiger partial charge in [-0.25, -0.2) is 9.78 Å². The molecule has 0 aliphatic heterocycles. The summed E-state index contributed by atoms with van der Waals surface area (Å²) in [5.74, 6) is -0.961. The predicted molar refractivity (Wildman–Crippen MR) is 84.2 cm³/mol. The third-order valence-electron chi connectivity index (χ3n) is 2.63. The molecule has 1 amide bonds. The van der Waals surface area contributed by atoms with Crippen LogP contribution in [-0.4, -0.2) is 30.5 Å². The first-order valence-corrected chi connectivity index (χ1v) is 7.55. The summed E-state index contributed by atoms with van der Waals surface area (Å²) < 4.78 is 4.95. The van der Waals surface area contributed by atoms with Crippen molar-refractivity contribution in [3.8, 4) is 0 Å². The van der Waals surface area contributed by atoms with Gasteiger partial charge >= 0.3 is 5.97 Å². The number of carbonyl (C=O) groups is 2. The Hall–Kier alpha value is -2.05. The Balaban J connectivity index is 2.14. The maximum absolute atomic E-state index is 12.1. The number of amides is 1. The van der Waals surface area contributed by atoms with Crippen LogP contribution in [0.15, 0.2) is 52.5 Å². The summed E-state index contributed by atoms with van der Waals surface area (Å²) in [6.07, 6.45) is 1.59. The fourth-order valence-electron chi connectivity index (χ4n) is 1.52. The van der Waals surface area contributed by atoms with Crippen molar-refractivity contribution in [1.29, 1.82) is 0 Å². The van der Waals surface area contributed by atoms with Gasteiger partial charge in [-0.05, 0) is 36.4 Å². The van der Waals surface area contributed by atoms with Gasteiger partial charge < -0.3 is 10.1 Å². The summed E-state index contributed by atoms with van der Waals surface area (Å²) in [7, 11) is 1.47. The van der Waals surface area contributed by atoms with Gasteiger partial charge in [-0.15, -0.1) is 0 Å². The van der Waals surface area contributed by atoms with Crippen LogP contribution in [0, 0.1) is 0 Å². The number of esters is 1. The lowest BCUT2D eigenvalue weighted by Crippen LogP contribution is -2.25.